The molecule has 4 heteroatoms. The molecule has 2 aromatic carbocycles. The molecule has 0 bridgehead atoms. The lowest BCUT2D eigenvalue weighted by molar-refractivity contribution is -0.134. The number of imide groups is 1. The van der Waals surface area contributed by atoms with Crippen molar-refractivity contribution in [3.05, 3.63) is 71.8 Å². The molecule has 2 aromatic rings. The Bertz CT molecular complexity index is 775. The molecule has 0 aliphatic carbocycles. The van der Waals surface area contributed by atoms with Crippen LogP contribution in [0.2, 0.25) is 0 Å². The highest BCUT2D eigenvalue weighted by Gasteiger charge is 2.57. The Balaban J connectivity index is 1.66. The minimum Gasteiger partial charge on any atom is -0.309 e. The van der Waals surface area contributed by atoms with E-state index in [1.807, 2.05) is 65.6 Å². The van der Waals surface area contributed by atoms with Gasteiger partial charge >= 0.3 is 6.03 Å². The van der Waals surface area contributed by atoms with E-state index in [0.29, 0.717) is 19.5 Å². The quantitative estimate of drug-likeness (QED) is 0.801. The molecule has 3 amide bonds. The lowest BCUT2D eigenvalue weighted by Gasteiger charge is -2.39. The van der Waals surface area contributed by atoms with E-state index >= 15 is 0 Å². The summed E-state index contributed by atoms with van der Waals surface area (Å²) in [5, 5.41) is 0. The largest absolute Gasteiger partial charge is 0.327 e. The van der Waals surface area contributed by atoms with Crippen molar-refractivity contribution in [2.45, 2.75) is 37.8 Å². The van der Waals surface area contributed by atoms with E-state index in [4.69, 9.17) is 0 Å². The van der Waals surface area contributed by atoms with Crippen LogP contribution in [0.4, 0.5) is 4.79 Å². The van der Waals surface area contributed by atoms with Gasteiger partial charge in [-0.3, -0.25) is 9.69 Å². The number of benzene rings is 2. The van der Waals surface area contributed by atoms with Gasteiger partial charge in [0.15, 0.2) is 0 Å². The number of carbonyl (C=O) groups excluding carboxylic acids is 2. The second-order valence-electron chi connectivity index (χ2n) is 6.96. The van der Waals surface area contributed by atoms with E-state index in [0.717, 1.165) is 30.4 Å². The fourth-order valence-electron chi connectivity index (χ4n) is 4.12. The van der Waals surface area contributed by atoms with Crippen LogP contribution < -0.4 is 0 Å². The summed E-state index contributed by atoms with van der Waals surface area (Å²) in [6.45, 7) is 1.02. The topological polar surface area (TPSA) is 40.6 Å². The van der Waals surface area contributed by atoms with Gasteiger partial charge in [0.25, 0.3) is 5.91 Å². The van der Waals surface area contributed by atoms with Crippen LogP contribution in [-0.2, 0) is 17.8 Å². The number of urea groups is 1. The van der Waals surface area contributed by atoms with Crippen molar-refractivity contribution < 1.29 is 9.59 Å². The Labute approximate surface area is 148 Å². The lowest BCUT2D eigenvalue weighted by Crippen LogP contribution is -2.54. The van der Waals surface area contributed by atoms with Gasteiger partial charge in [0.05, 0.1) is 6.54 Å². The first kappa shape index (κ1) is 15.9. The number of hydrogen-bond donors (Lipinski definition) is 0. The van der Waals surface area contributed by atoms with E-state index in [1.54, 1.807) is 0 Å². The number of fused-ring (bicyclic) bond motifs is 1. The first-order valence-corrected chi connectivity index (χ1v) is 8.92. The van der Waals surface area contributed by atoms with Crippen molar-refractivity contribution in [1.82, 2.24) is 9.80 Å². The number of piperidine rings is 1. The Kier molecular flexibility index (Phi) is 4.04. The summed E-state index contributed by atoms with van der Waals surface area (Å²) in [5.74, 6) is -0.0371. The van der Waals surface area contributed by atoms with Crippen molar-refractivity contribution in [3.63, 3.8) is 0 Å². The molecule has 128 valence electrons. The van der Waals surface area contributed by atoms with E-state index in [1.165, 1.54) is 4.90 Å². The van der Waals surface area contributed by atoms with Crippen molar-refractivity contribution in [3.8, 4) is 0 Å². The minimum absolute atomic E-state index is 0.0371. The molecule has 2 aliphatic heterocycles. The molecule has 0 spiro atoms. The Morgan fingerprint density at radius 2 is 1.48 bits per heavy atom. The van der Waals surface area contributed by atoms with Gasteiger partial charge in [0.1, 0.15) is 5.54 Å². The van der Waals surface area contributed by atoms with E-state index in [-0.39, 0.29) is 11.9 Å². The summed E-state index contributed by atoms with van der Waals surface area (Å²) in [6.07, 6.45) is 3.30. The SMILES string of the molecule is O=C1N(Cc2ccccc2)C(=O)C2(Cc3ccccc3)CCCCN12. The number of rotatable bonds is 4. The van der Waals surface area contributed by atoms with Crippen LogP contribution in [0, 0.1) is 0 Å². The van der Waals surface area contributed by atoms with Crippen LogP contribution in [0.5, 0.6) is 0 Å². The highest BCUT2D eigenvalue weighted by atomic mass is 16.2. The number of hydrogen-bond acceptors (Lipinski definition) is 2. The molecule has 0 saturated carbocycles. The van der Waals surface area contributed by atoms with Crippen molar-refractivity contribution in [2.75, 3.05) is 6.54 Å². The third-order valence-corrected chi connectivity index (χ3v) is 5.37. The van der Waals surface area contributed by atoms with Gasteiger partial charge in [-0.2, -0.15) is 0 Å². The van der Waals surface area contributed by atoms with Gasteiger partial charge in [-0.05, 0) is 30.4 Å². The van der Waals surface area contributed by atoms with Crippen molar-refractivity contribution in [2.24, 2.45) is 0 Å². The molecular formula is C21H22N2O2. The van der Waals surface area contributed by atoms with Crippen LogP contribution in [-0.4, -0.2) is 33.8 Å². The van der Waals surface area contributed by atoms with Crippen LogP contribution in [0.1, 0.15) is 30.4 Å². The van der Waals surface area contributed by atoms with Crippen LogP contribution in [0.15, 0.2) is 60.7 Å². The van der Waals surface area contributed by atoms with Crippen LogP contribution in [0.3, 0.4) is 0 Å². The molecule has 2 heterocycles. The molecule has 2 saturated heterocycles. The van der Waals surface area contributed by atoms with Gasteiger partial charge in [-0.1, -0.05) is 60.7 Å². The number of nitrogens with zero attached hydrogens (tertiary/aromatic N) is 2. The predicted octanol–water partition coefficient (Wildman–Crippen LogP) is 3.62. The Hall–Kier alpha value is -2.62. The second kappa shape index (κ2) is 6.36. The molecule has 0 radical (unpaired) electrons. The number of amides is 3. The third kappa shape index (κ3) is 2.72. The summed E-state index contributed by atoms with van der Waals surface area (Å²) in [5.41, 5.74) is 1.39. The zero-order chi connectivity index (χ0) is 17.3. The molecular weight excluding hydrogens is 312 g/mol. The molecule has 0 N–H and O–H groups in total. The van der Waals surface area contributed by atoms with E-state index in [9.17, 15) is 9.59 Å². The van der Waals surface area contributed by atoms with E-state index < -0.39 is 5.54 Å². The summed E-state index contributed by atoms with van der Waals surface area (Å²) in [4.78, 5) is 29.6. The highest BCUT2D eigenvalue weighted by molar-refractivity contribution is 6.07. The fraction of sp³-hybridized carbons (Fsp3) is 0.333. The first-order valence-electron chi connectivity index (χ1n) is 8.92. The second-order valence-corrected chi connectivity index (χ2v) is 6.96. The minimum atomic E-state index is -0.703. The molecule has 25 heavy (non-hydrogen) atoms. The first-order chi connectivity index (χ1) is 12.2. The Morgan fingerprint density at radius 1 is 0.840 bits per heavy atom. The highest BCUT2D eigenvalue weighted by Crippen LogP contribution is 2.39. The predicted molar refractivity (Wildman–Crippen MR) is 95.8 cm³/mol. The summed E-state index contributed by atoms with van der Waals surface area (Å²) >= 11 is 0. The molecule has 4 nitrogen and oxygen atoms in total. The van der Waals surface area contributed by atoms with Gasteiger partial charge in [0.2, 0.25) is 0 Å². The third-order valence-electron chi connectivity index (χ3n) is 5.37. The zero-order valence-electron chi connectivity index (χ0n) is 14.2. The summed E-state index contributed by atoms with van der Waals surface area (Å²) in [6, 6.07) is 19.6. The number of carbonyl (C=O) groups is 2. The fourth-order valence-corrected chi connectivity index (χ4v) is 4.12. The molecule has 2 fully saturated rings. The maximum Gasteiger partial charge on any atom is 0.327 e. The smallest absolute Gasteiger partial charge is 0.309 e. The maximum absolute atomic E-state index is 13.3. The van der Waals surface area contributed by atoms with Crippen LogP contribution in [0.25, 0.3) is 0 Å². The summed E-state index contributed by atoms with van der Waals surface area (Å²) < 4.78 is 0. The van der Waals surface area contributed by atoms with Gasteiger partial charge in [-0.25, -0.2) is 4.79 Å². The maximum atomic E-state index is 13.3. The molecule has 4 rings (SSSR count). The molecule has 1 atom stereocenters. The molecule has 2 aliphatic rings. The molecule has 0 aromatic heterocycles. The van der Waals surface area contributed by atoms with Gasteiger partial charge in [-0.15, -0.1) is 0 Å². The van der Waals surface area contributed by atoms with Crippen LogP contribution >= 0.6 is 0 Å². The standard InChI is InChI=1S/C21H22N2O2/c24-19-21(15-17-9-3-1-4-10-17)13-7-8-14-23(21)20(25)22(19)16-18-11-5-2-6-12-18/h1-6,9-12H,7-8,13-16H2. The zero-order valence-corrected chi connectivity index (χ0v) is 14.2. The van der Waals surface area contributed by atoms with E-state index in [2.05, 4.69) is 0 Å². The van der Waals surface area contributed by atoms with Gasteiger partial charge in [0, 0.05) is 13.0 Å². The average molecular weight is 334 g/mol. The normalized spacial score (nSPS) is 23.0. The lowest BCUT2D eigenvalue weighted by atomic mass is 9.81. The average Bonchev–Trinajstić information content (AvgIpc) is 2.86. The summed E-state index contributed by atoms with van der Waals surface area (Å²) in [7, 11) is 0. The Morgan fingerprint density at radius 3 is 2.16 bits per heavy atom. The van der Waals surface area contributed by atoms with Crippen molar-refractivity contribution >= 4 is 11.9 Å². The van der Waals surface area contributed by atoms with Crippen molar-refractivity contribution in [1.29, 1.82) is 0 Å². The van der Waals surface area contributed by atoms with Gasteiger partial charge < -0.3 is 4.90 Å². The molecule has 1 unspecified atom stereocenters. The monoisotopic (exact) mass is 334 g/mol.